The summed E-state index contributed by atoms with van der Waals surface area (Å²) in [6, 6.07) is 7.38. The minimum absolute atomic E-state index is 0.206. The van der Waals surface area contributed by atoms with Gasteiger partial charge in [-0.3, -0.25) is 0 Å². The van der Waals surface area contributed by atoms with E-state index in [1.54, 1.807) is 6.92 Å². The lowest BCUT2D eigenvalue weighted by Gasteiger charge is -2.17. The summed E-state index contributed by atoms with van der Waals surface area (Å²) in [6.45, 7) is 6.14. The van der Waals surface area contributed by atoms with Crippen LogP contribution in [-0.2, 0) is 0 Å². The molecule has 0 spiro atoms. The maximum atomic E-state index is 9.27. The molecule has 0 radical (unpaired) electrons. The van der Waals surface area contributed by atoms with Crippen molar-refractivity contribution < 1.29 is 14.6 Å². The molecule has 2 atom stereocenters. The Morgan fingerprint density at radius 3 is 2.13 bits per heavy atom. The standard InChI is InChI=1S/C12H18O3/c1-4-14-11-5-7-12(8-6-11)15-10(3)9(2)13/h5-10,13H,4H2,1-3H3. The Hall–Kier alpha value is -1.22. The summed E-state index contributed by atoms with van der Waals surface area (Å²) >= 11 is 0. The van der Waals surface area contributed by atoms with Gasteiger partial charge in [-0.1, -0.05) is 0 Å². The number of hydrogen-bond acceptors (Lipinski definition) is 3. The molecule has 0 aliphatic rings. The van der Waals surface area contributed by atoms with Gasteiger partial charge >= 0.3 is 0 Å². The van der Waals surface area contributed by atoms with Gasteiger partial charge in [0.2, 0.25) is 0 Å². The average molecular weight is 210 g/mol. The number of aliphatic hydroxyl groups excluding tert-OH is 1. The zero-order valence-electron chi connectivity index (χ0n) is 9.43. The van der Waals surface area contributed by atoms with Crippen molar-refractivity contribution in [1.82, 2.24) is 0 Å². The van der Waals surface area contributed by atoms with Gasteiger partial charge in [0.05, 0.1) is 12.7 Å². The molecule has 2 unspecified atom stereocenters. The van der Waals surface area contributed by atoms with Crippen LogP contribution in [0.3, 0.4) is 0 Å². The summed E-state index contributed by atoms with van der Waals surface area (Å²) < 4.78 is 10.8. The van der Waals surface area contributed by atoms with Gasteiger partial charge in [0.15, 0.2) is 0 Å². The second kappa shape index (κ2) is 5.61. The van der Waals surface area contributed by atoms with E-state index >= 15 is 0 Å². The molecule has 1 aromatic carbocycles. The fraction of sp³-hybridized carbons (Fsp3) is 0.500. The highest BCUT2D eigenvalue weighted by molar-refractivity contribution is 5.31. The van der Waals surface area contributed by atoms with E-state index in [-0.39, 0.29) is 6.10 Å². The quantitative estimate of drug-likeness (QED) is 0.810. The summed E-state index contributed by atoms with van der Waals surface area (Å²) in [5, 5.41) is 9.27. The highest BCUT2D eigenvalue weighted by Gasteiger charge is 2.09. The molecule has 15 heavy (non-hydrogen) atoms. The third kappa shape index (κ3) is 3.80. The van der Waals surface area contributed by atoms with Crippen LogP contribution in [0.15, 0.2) is 24.3 Å². The number of ether oxygens (including phenoxy) is 2. The summed E-state index contributed by atoms with van der Waals surface area (Å²) in [5.74, 6) is 1.57. The minimum Gasteiger partial charge on any atom is -0.494 e. The van der Waals surface area contributed by atoms with Crippen LogP contribution in [0.1, 0.15) is 20.8 Å². The molecule has 1 rings (SSSR count). The highest BCUT2D eigenvalue weighted by atomic mass is 16.5. The van der Waals surface area contributed by atoms with E-state index in [1.807, 2.05) is 38.1 Å². The first-order valence-electron chi connectivity index (χ1n) is 5.21. The molecule has 1 N–H and O–H groups in total. The summed E-state index contributed by atoms with van der Waals surface area (Å²) in [4.78, 5) is 0. The van der Waals surface area contributed by atoms with Crippen LogP contribution < -0.4 is 9.47 Å². The van der Waals surface area contributed by atoms with E-state index in [9.17, 15) is 5.11 Å². The molecule has 0 saturated carbocycles. The third-order valence-corrected chi connectivity index (χ3v) is 2.14. The molecule has 0 heterocycles. The minimum atomic E-state index is -0.475. The molecule has 0 fully saturated rings. The Morgan fingerprint density at radius 2 is 1.67 bits per heavy atom. The van der Waals surface area contributed by atoms with Gasteiger partial charge in [0.25, 0.3) is 0 Å². The number of aliphatic hydroxyl groups is 1. The molecule has 0 bridgehead atoms. The zero-order valence-corrected chi connectivity index (χ0v) is 9.43. The molecule has 0 aliphatic heterocycles. The van der Waals surface area contributed by atoms with Crippen molar-refractivity contribution in [2.24, 2.45) is 0 Å². The zero-order chi connectivity index (χ0) is 11.3. The Bertz CT molecular complexity index is 279. The Balaban J connectivity index is 2.56. The van der Waals surface area contributed by atoms with Crippen LogP contribution in [0.4, 0.5) is 0 Å². The summed E-state index contributed by atoms with van der Waals surface area (Å²) in [6.07, 6.45) is -0.681. The second-order valence-corrected chi connectivity index (χ2v) is 3.47. The van der Waals surface area contributed by atoms with E-state index in [0.717, 1.165) is 11.5 Å². The predicted molar refractivity (Wildman–Crippen MR) is 59.4 cm³/mol. The van der Waals surface area contributed by atoms with Crippen LogP contribution in [0.5, 0.6) is 11.5 Å². The highest BCUT2D eigenvalue weighted by Crippen LogP contribution is 2.19. The van der Waals surface area contributed by atoms with Crippen LogP contribution in [0.2, 0.25) is 0 Å². The van der Waals surface area contributed by atoms with Gasteiger partial charge < -0.3 is 14.6 Å². The van der Waals surface area contributed by atoms with Crippen LogP contribution in [0.25, 0.3) is 0 Å². The molecule has 3 heteroatoms. The molecular formula is C12H18O3. The molecule has 3 nitrogen and oxygen atoms in total. The van der Waals surface area contributed by atoms with Crippen molar-refractivity contribution in [2.75, 3.05) is 6.61 Å². The molecule has 0 aromatic heterocycles. The van der Waals surface area contributed by atoms with Crippen molar-refractivity contribution in [1.29, 1.82) is 0 Å². The van der Waals surface area contributed by atoms with Crippen LogP contribution in [-0.4, -0.2) is 23.9 Å². The van der Waals surface area contributed by atoms with Crippen LogP contribution in [0, 0.1) is 0 Å². The third-order valence-electron chi connectivity index (χ3n) is 2.14. The SMILES string of the molecule is CCOc1ccc(OC(C)C(C)O)cc1. The number of benzene rings is 1. The average Bonchev–Trinajstić information content (AvgIpc) is 2.21. The van der Waals surface area contributed by atoms with Gasteiger partial charge in [-0.2, -0.15) is 0 Å². The van der Waals surface area contributed by atoms with Crippen molar-refractivity contribution in [3.63, 3.8) is 0 Å². The Kier molecular flexibility index (Phi) is 4.43. The normalized spacial score (nSPS) is 14.4. The van der Waals surface area contributed by atoms with E-state index in [4.69, 9.17) is 9.47 Å². The lowest BCUT2D eigenvalue weighted by molar-refractivity contribution is 0.0604. The fourth-order valence-corrected chi connectivity index (χ4v) is 1.09. The molecule has 0 aliphatic carbocycles. The van der Waals surface area contributed by atoms with Gasteiger partial charge in [0.1, 0.15) is 17.6 Å². The van der Waals surface area contributed by atoms with Crippen LogP contribution >= 0.6 is 0 Å². The lowest BCUT2D eigenvalue weighted by atomic mass is 10.2. The fourth-order valence-electron chi connectivity index (χ4n) is 1.09. The molecule has 0 saturated heterocycles. The maximum Gasteiger partial charge on any atom is 0.121 e. The Labute approximate surface area is 90.6 Å². The molecule has 0 amide bonds. The van der Waals surface area contributed by atoms with Crippen molar-refractivity contribution in [3.8, 4) is 11.5 Å². The summed E-state index contributed by atoms with van der Waals surface area (Å²) in [5.41, 5.74) is 0. The smallest absolute Gasteiger partial charge is 0.121 e. The monoisotopic (exact) mass is 210 g/mol. The van der Waals surface area contributed by atoms with Crippen molar-refractivity contribution >= 4 is 0 Å². The Morgan fingerprint density at radius 1 is 1.13 bits per heavy atom. The summed E-state index contributed by atoms with van der Waals surface area (Å²) in [7, 11) is 0. The molecular weight excluding hydrogens is 192 g/mol. The first-order valence-corrected chi connectivity index (χ1v) is 5.21. The lowest BCUT2D eigenvalue weighted by Crippen LogP contribution is -2.25. The van der Waals surface area contributed by atoms with E-state index < -0.39 is 6.10 Å². The van der Waals surface area contributed by atoms with Gasteiger partial charge in [0, 0.05) is 0 Å². The predicted octanol–water partition coefficient (Wildman–Crippen LogP) is 2.23. The molecule has 84 valence electrons. The largest absolute Gasteiger partial charge is 0.494 e. The van der Waals surface area contributed by atoms with Gasteiger partial charge in [-0.05, 0) is 45.0 Å². The topological polar surface area (TPSA) is 38.7 Å². The van der Waals surface area contributed by atoms with E-state index in [0.29, 0.717) is 6.61 Å². The van der Waals surface area contributed by atoms with Gasteiger partial charge in [-0.15, -0.1) is 0 Å². The first kappa shape index (κ1) is 11.9. The number of hydrogen-bond donors (Lipinski definition) is 1. The van der Waals surface area contributed by atoms with Crippen molar-refractivity contribution in [2.45, 2.75) is 33.0 Å². The van der Waals surface area contributed by atoms with Crippen molar-refractivity contribution in [3.05, 3.63) is 24.3 Å². The second-order valence-electron chi connectivity index (χ2n) is 3.47. The van der Waals surface area contributed by atoms with E-state index in [2.05, 4.69) is 0 Å². The first-order chi connectivity index (χ1) is 7.13. The van der Waals surface area contributed by atoms with E-state index in [1.165, 1.54) is 0 Å². The van der Waals surface area contributed by atoms with Gasteiger partial charge in [-0.25, -0.2) is 0 Å². The maximum absolute atomic E-state index is 9.27. The molecule has 1 aromatic rings. The number of rotatable bonds is 5.